The lowest BCUT2D eigenvalue weighted by molar-refractivity contribution is -0.125. The molecule has 2 heterocycles. The van der Waals surface area contributed by atoms with Gasteiger partial charge in [0.15, 0.2) is 0 Å². The van der Waals surface area contributed by atoms with Crippen molar-refractivity contribution in [1.29, 1.82) is 0 Å². The number of nitrogens with zero attached hydrogens (tertiary/aromatic N) is 2. The Morgan fingerprint density at radius 3 is 3.22 bits per heavy atom. The maximum atomic E-state index is 12.0. The molecule has 1 aromatic rings. The van der Waals surface area contributed by atoms with Gasteiger partial charge in [0.2, 0.25) is 5.91 Å². The van der Waals surface area contributed by atoms with Gasteiger partial charge in [0.05, 0.1) is 17.6 Å². The zero-order valence-electron chi connectivity index (χ0n) is 10.2. The van der Waals surface area contributed by atoms with Crippen molar-refractivity contribution in [2.75, 3.05) is 30.0 Å². The Morgan fingerprint density at radius 1 is 1.61 bits per heavy atom. The molecule has 1 N–H and O–H groups in total. The molecule has 6 heteroatoms. The molecule has 0 fully saturated rings. The number of hydrogen-bond acceptors (Lipinski definition) is 4. The van der Waals surface area contributed by atoms with E-state index in [0.717, 1.165) is 6.42 Å². The normalized spacial score (nSPS) is 14.1. The van der Waals surface area contributed by atoms with E-state index in [2.05, 4.69) is 10.3 Å². The van der Waals surface area contributed by atoms with E-state index in [4.69, 9.17) is 4.74 Å². The lowest BCUT2D eigenvalue weighted by Crippen LogP contribution is -2.43. The molecule has 1 aliphatic heterocycles. The van der Waals surface area contributed by atoms with E-state index in [9.17, 15) is 9.59 Å². The highest BCUT2D eigenvalue weighted by Gasteiger charge is 2.26. The average molecular weight is 249 g/mol. The fourth-order valence-electron chi connectivity index (χ4n) is 1.74. The first-order valence-corrected chi connectivity index (χ1v) is 5.84. The number of anilines is 2. The summed E-state index contributed by atoms with van der Waals surface area (Å²) in [4.78, 5) is 28.8. The third kappa shape index (κ3) is 2.65. The number of carbonyl (C=O) groups excluding carboxylic acids is 2. The highest BCUT2D eigenvalue weighted by atomic mass is 16.5. The van der Waals surface area contributed by atoms with Gasteiger partial charge in [-0.1, -0.05) is 6.92 Å². The van der Waals surface area contributed by atoms with Crippen LogP contribution in [-0.4, -0.2) is 36.6 Å². The molecule has 0 saturated carbocycles. The zero-order chi connectivity index (χ0) is 13.0. The monoisotopic (exact) mass is 249 g/mol. The van der Waals surface area contributed by atoms with Crippen LogP contribution in [0.2, 0.25) is 0 Å². The molecule has 0 saturated heterocycles. The maximum absolute atomic E-state index is 12.0. The molecule has 1 aromatic heterocycles. The van der Waals surface area contributed by atoms with Gasteiger partial charge in [-0.25, -0.2) is 0 Å². The molecule has 18 heavy (non-hydrogen) atoms. The third-order valence-electron chi connectivity index (χ3n) is 2.54. The Kier molecular flexibility index (Phi) is 3.88. The van der Waals surface area contributed by atoms with Crippen LogP contribution in [0.25, 0.3) is 0 Å². The van der Waals surface area contributed by atoms with Gasteiger partial charge in [-0.05, 0) is 12.5 Å². The van der Waals surface area contributed by atoms with Crippen molar-refractivity contribution in [2.45, 2.75) is 13.3 Å². The number of ether oxygens (including phenoxy) is 1. The highest BCUT2D eigenvalue weighted by molar-refractivity contribution is 6.09. The first kappa shape index (κ1) is 12.5. The molecule has 2 rings (SSSR count). The van der Waals surface area contributed by atoms with E-state index < -0.39 is 0 Å². The van der Waals surface area contributed by atoms with Crippen LogP contribution in [0.4, 0.5) is 11.4 Å². The van der Waals surface area contributed by atoms with E-state index in [1.54, 1.807) is 12.3 Å². The number of amides is 2. The second kappa shape index (κ2) is 5.59. The minimum Gasteiger partial charge on any atom is -0.372 e. The van der Waals surface area contributed by atoms with Crippen LogP contribution in [0.3, 0.4) is 0 Å². The number of pyridine rings is 1. The van der Waals surface area contributed by atoms with Gasteiger partial charge in [-0.2, -0.15) is 0 Å². The number of aromatic nitrogens is 1. The van der Waals surface area contributed by atoms with Crippen molar-refractivity contribution in [2.24, 2.45) is 0 Å². The van der Waals surface area contributed by atoms with Gasteiger partial charge in [0.1, 0.15) is 13.2 Å². The van der Waals surface area contributed by atoms with Crippen LogP contribution in [-0.2, 0) is 14.3 Å². The van der Waals surface area contributed by atoms with Crippen molar-refractivity contribution in [3.05, 3.63) is 18.5 Å². The SMILES string of the molecule is CCCOCC(=O)N1CC(=O)Nc2cnccc21. The predicted octanol–water partition coefficient (Wildman–Crippen LogP) is 0.793. The number of rotatable bonds is 4. The minimum atomic E-state index is -0.223. The Labute approximate surface area is 105 Å². The molecule has 0 bridgehead atoms. The second-order valence-corrected chi connectivity index (χ2v) is 3.97. The quantitative estimate of drug-likeness (QED) is 0.801. The van der Waals surface area contributed by atoms with E-state index in [-0.39, 0.29) is 25.0 Å². The maximum Gasteiger partial charge on any atom is 0.253 e. The van der Waals surface area contributed by atoms with Crippen molar-refractivity contribution in [3.8, 4) is 0 Å². The lowest BCUT2D eigenvalue weighted by Gasteiger charge is -2.28. The topological polar surface area (TPSA) is 71.5 Å². The van der Waals surface area contributed by atoms with Crippen molar-refractivity contribution in [3.63, 3.8) is 0 Å². The van der Waals surface area contributed by atoms with Crippen molar-refractivity contribution >= 4 is 23.2 Å². The number of fused-ring (bicyclic) bond motifs is 1. The summed E-state index contributed by atoms with van der Waals surface area (Å²) in [6, 6.07) is 1.70. The van der Waals surface area contributed by atoms with E-state index >= 15 is 0 Å². The number of hydrogen-bond donors (Lipinski definition) is 1. The van der Waals surface area contributed by atoms with Crippen molar-refractivity contribution < 1.29 is 14.3 Å². The van der Waals surface area contributed by atoms with E-state index in [1.807, 2.05) is 6.92 Å². The summed E-state index contributed by atoms with van der Waals surface area (Å²) in [6.45, 7) is 2.52. The van der Waals surface area contributed by atoms with Gasteiger partial charge in [0.25, 0.3) is 5.91 Å². The number of nitrogens with one attached hydrogen (secondary N) is 1. The average Bonchev–Trinajstić information content (AvgIpc) is 2.38. The van der Waals surface area contributed by atoms with Gasteiger partial charge >= 0.3 is 0 Å². The predicted molar refractivity (Wildman–Crippen MR) is 66.3 cm³/mol. The number of carbonyl (C=O) groups is 2. The molecule has 0 aliphatic carbocycles. The molecule has 0 unspecified atom stereocenters. The molecular formula is C12H15N3O3. The van der Waals surface area contributed by atoms with Crippen LogP contribution >= 0.6 is 0 Å². The van der Waals surface area contributed by atoms with Crippen LogP contribution in [0, 0.1) is 0 Å². The van der Waals surface area contributed by atoms with Gasteiger partial charge < -0.3 is 10.1 Å². The van der Waals surface area contributed by atoms with Crippen LogP contribution in [0.15, 0.2) is 18.5 Å². The Balaban J connectivity index is 2.13. The van der Waals surface area contributed by atoms with Gasteiger partial charge in [-0.15, -0.1) is 0 Å². The molecule has 0 spiro atoms. The second-order valence-electron chi connectivity index (χ2n) is 3.97. The molecule has 96 valence electrons. The first-order valence-electron chi connectivity index (χ1n) is 5.84. The van der Waals surface area contributed by atoms with Gasteiger partial charge in [0, 0.05) is 12.8 Å². The van der Waals surface area contributed by atoms with Crippen LogP contribution in [0.5, 0.6) is 0 Å². The highest BCUT2D eigenvalue weighted by Crippen LogP contribution is 2.27. The summed E-state index contributed by atoms with van der Waals surface area (Å²) in [5.41, 5.74) is 1.22. The zero-order valence-corrected chi connectivity index (χ0v) is 10.2. The summed E-state index contributed by atoms with van der Waals surface area (Å²) >= 11 is 0. The molecular weight excluding hydrogens is 234 g/mol. The Morgan fingerprint density at radius 2 is 2.44 bits per heavy atom. The summed E-state index contributed by atoms with van der Waals surface area (Å²) in [7, 11) is 0. The Hall–Kier alpha value is -1.95. The molecule has 2 amide bonds. The summed E-state index contributed by atoms with van der Waals surface area (Å²) < 4.78 is 5.21. The van der Waals surface area contributed by atoms with E-state index in [0.29, 0.717) is 18.0 Å². The first-order chi connectivity index (χ1) is 8.72. The summed E-state index contributed by atoms with van der Waals surface area (Å²) in [5.74, 6) is -0.440. The van der Waals surface area contributed by atoms with Crippen LogP contribution < -0.4 is 10.2 Å². The minimum absolute atomic E-state index is 0.0110. The summed E-state index contributed by atoms with van der Waals surface area (Å²) in [6.07, 6.45) is 3.97. The van der Waals surface area contributed by atoms with Crippen molar-refractivity contribution in [1.82, 2.24) is 4.98 Å². The molecule has 0 radical (unpaired) electrons. The van der Waals surface area contributed by atoms with E-state index in [1.165, 1.54) is 11.1 Å². The molecule has 6 nitrogen and oxygen atoms in total. The van der Waals surface area contributed by atoms with Crippen LogP contribution in [0.1, 0.15) is 13.3 Å². The Bertz CT molecular complexity index is 462. The molecule has 0 aromatic carbocycles. The molecule has 1 aliphatic rings. The summed E-state index contributed by atoms with van der Waals surface area (Å²) in [5, 5.41) is 2.68. The standard InChI is InChI=1S/C12H15N3O3/c1-2-5-18-8-12(17)15-7-11(16)14-9-6-13-4-3-10(9)15/h3-4,6H,2,5,7-8H2,1H3,(H,14,16). The fourth-order valence-corrected chi connectivity index (χ4v) is 1.74. The lowest BCUT2D eigenvalue weighted by atomic mass is 10.2. The smallest absolute Gasteiger partial charge is 0.253 e. The third-order valence-corrected chi connectivity index (χ3v) is 2.54. The largest absolute Gasteiger partial charge is 0.372 e. The van der Waals surface area contributed by atoms with Gasteiger partial charge in [-0.3, -0.25) is 19.5 Å². The fraction of sp³-hybridized carbons (Fsp3) is 0.417. The molecule has 0 atom stereocenters.